The third kappa shape index (κ3) is 3.69. The van der Waals surface area contributed by atoms with Crippen LogP contribution in [0.2, 0.25) is 0 Å². The SMILES string of the molecule is CC1(C)Cc2nc(-c3cccnc3)ncc2[C@@H](NC(=O)c2cccnc2)C1. The molecular weight excluding hydrogens is 338 g/mol. The van der Waals surface area contributed by atoms with E-state index in [1.807, 2.05) is 18.3 Å². The number of hydrogen-bond acceptors (Lipinski definition) is 5. The molecule has 1 atom stereocenters. The molecule has 0 fully saturated rings. The van der Waals surface area contributed by atoms with Crippen molar-refractivity contribution in [2.45, 2.75) is 32.7 Å². The minimum absolute atomic E-state index is 0.0282. The molecule has 0 spiro atoms. The lowest BCUT2D eigenvalue weighted by atomic mass is 9.74. The summed E-state index contributed by atoms with van der Waals surface area (Å²) < 4.78 is 0. The van der Waals surface area contributed by atoms with Gasteiger partial charge in [-0.2, -0.15) is 0 Å². The van der Waals surface area contributed by atoms with Gasteiger partial charge in [-0.3, -0.25) is 14.8 Å². The molecule has 0 saturated carbocycles. The van der Waals surface area contributed by atoms with E-state index < -0.39 is 0 Å². The number of pyridine rings is 2. The van der Waals surface area contributed by atoms with Gasteiger partial charge in [0.2, 0.25) is 0 Å². The lowest BCUT2D eigenvalue weighted by molar-refractivity contribution is 0.0918. The fourth-order valence-corrected chi connectivity index (χ4v) is 3.55. The van der Waals surface area contributed by atoms with Crippen molar-refractivity contribution in [2.24, 2.45) is 5.41 Å². The van der Waals surface area contributed by atoms with E-state index >= 15 is 0 Å². The maximum Gasteiger partial charge on any atom is 0.253 e. The van der Waals surface area contributed by atoms with Gasteiger partial charge in [0.05, 0.1) is 17.3 Å². The molecule has 1 aliphatic carbocycles. The van der Waals surface area contributed by atoms with Crippen LogP contribution >= 0.6 is 0 Å². The van der Waals surface area contributed by atoms with E-state index in [-0.39, 0.29) is 17.4 Å². The standard InChI is InChI=1S/C21H21N5O/c1-21(2)9-17-16(13-24-19(25-17)14-5-3-7-22-11-14)18(10-21)26-20(27)15-6-4-8-23-12-15/h3-8,11-13,18H,9-10H2,1-2H3,(H,26,27)/t18-/m0/s1. The van der Waals surface area contributed by atoms with Crippen molar-refractivity contribution in [3.8, 4) is 11.4 Å². The minimum atomic E-state index is -0.131. The molecule has 0 bridgehead atoms. The molecule has 1 amide bonds. The van der Waals surface area contributed by atoms with E-state index in [1.54, 1.807) is 36.9 Å². The summed E-state index contributed by atoms with van der Waals surface area (Å²) in [5.74, 6) is 0.532. The van der Waals surface area contributed by atoms with Gasteiger partial charge in [0, 0.05) is 42.1 Å². The van der Waals surface area contributed by atoms with E-state index in [1.165, 1.54) is 0 Å². The van der Waals surface area contributed by atoms with Crippen LogP contribution in [0.5, 0.6) is 0 Å². The predicted molar refractivity (Wildman–Crippen MR) is 102 cm³/mol. The monoisotopic (exact) mass is 359 g/mol. The Balaban J connectivity index is 1.66. The molecule has 0 saturated heterocycles. The number of hydrogen-bond donors (Lipinski definition) is 1. The number of amides is 1. The van der Waals surface area contributed by atoms with Gasteiger partial charge in [-0.25, -0.2) is 9.97 Å². The van der Waals surface area contributed by atoms with Gasteiger partial charge in [-0.15, -0.1) is 0 Å². The van der Waals surface area contributed by atoms with Crippen LogP contribution in [0.3, 0.4) is 0 Å². The third-order valence-electron chi connectivity index (χ3n) is 4.83. The summed E-state index contributed by atoms with van der Waals surface area (Å²) in [5.41, 5.74) is 3.44. The first kappa shape index (κ1) is 17.3. The second-order valence-corrected chi connectivity index (χ2v) is 7.65. The number of fused-ring (bicyclic) bond motifs is 1. The van der Waals surface area contributed by atoms with Crippen molar-refractivity contribution in [1.82, 2.24) is 25.3 Å². The van der Waals surface area contributed by atoms with Crippen molar-refractivity contribution in [2.75, 3.05) is 0 Å². The molecule has 0 aromatic carbocycles. The average Bonchev–Trinajstić information content (AvgIpc) is 2.68. The summed E-state index contributed by atoms with van der Waals surface area (Å²) >= 11 is 0. The molecule has 136 valence electrons. The first-order valence-corrected chi connectivity index (χ1v) is 8.99. The van der Waals surface area contributed by atoms with Crippen LogP contribution in [-0.2, 0) is 6.42 Å². The highest BCUT2D eigenvalue weighted by molar-refractivity contribution is 5.94. The smallest absolute Gasteiger partial charge is 0.253 e. The van der Waals surface area contributed by atoms with Crippen LogP contribution in [0, 0.1) is 5.41 Å². The molecule has 0 unspecified atom stereocenters. The van der Waals surface area contributed by atoms with E-state index in [9.17, 15) is 4.79 Å². The zero-order chi connectivity index (χ0) is 18.9. The quantitative estimate of drug-likeness (QED) is 0.775. The zero-order valence-corrected chi connectivity index (χ0v) is 15.4. The van der Waals surface area contributed by atoms with Gasteiger partial charge in [0.1, 0.15) is 0 Å². The molecule has 6 nitrogen and oxygen atoms in total. The average molecular weight is 359 g/mol. The van der Waals surface area contributed by atoms with Crippen molar-refractivity contribution in [3.63, 3.8) is 0 Å². The van der Waals surface area contributed by atoms with Crippen LogP contribution in [0.1, 0.15) is 47.9 Å². The third-order valence-corrected chi connectivity index (χ3v) is 4.83. The van der Waals surface area contributed by atoms with Gasteiger partial charge in [0.15, 0.2) is 5.82 Å². The molecule has 1 N–H and O–H groups in total. The molecular formula is C21H21N5O. The minimum Gasteiger partial charge on any atom is -0.345 e. The molecule has 3 aromatic rings. The Morgan fingerprint density at radius 2 is 1.89 bits per heavy atom. The summed E-state index contributed by atoms with van der Waals surface area (Å²) in [6.07, 6.45) is 10.2. The van der Waals surface area contributed by atoms with Crippen LogP contribution in [0.25, 0.3) is 11.4 Å². The Kier molecular flexibility index (Phi) is 4.39. The van der Waals surface area contributed by atoms with Gasteiger partial charge < -0.3 is 5.32 Å². The summed E-state index contributed by atoms with van der Waals surface area (Å²) in [6, 6.07) is 7.22. The van der Waals surface area contributed by atoms with Gasteiger partial charge in [0.25, 0.3) is 5.91 Å². The molecule has 6 heteroatoms. The molecule has 27 heavy (non-hydrogen) atoms. The molecule has 1 aliphatic rings. The van der Waals surface area contributed by atoms with E-state index in [0.29, 0.717) is 11.4 Å². The summed E-state index contributed by atoms with van der Waals surface area (Å²) in [6.45, 7) is 4.40. The second-order valence-electron chi connectivity index (χ2n) is 7.65. The lowest BCUT2D eigenvalue weighted by Gasteiger charge is -2.36. The molecule has 3 aromatic heterocycles. The van der Waals surface area contributed by atoms with Crippen LogP contribution < -0.4 is 5.32 Å². The Morgan fingerprint density at radius 3 is 2.59 bits per heavy atom. The summed E-state index contributed by atoms with van der Waals surface area (Å²) in [4.78, 5) is 30.1. The zero-order valence-electron chi connectivity index (χ0n) is 15.4. The van der Waals surface area contributed by atoms with Gasteiger partial charge in [-0.1, -0.05) is 13.8 Å². The first-order valence-electron chi connectivity index (χ1n) is 8.99. The van der Waals surface area contributed by atoms with Crippen LogP contribution in [-0.4, -0.2) is 25.8 Å². The van der Waals surface area contributed by atoms with Gasteiger partial charge in [-0.05, 0) is 42.5 Å². The number of carbonyl (C=O) groups excluding carboxylic acids is 1. The summed E-state index contributed by atoms with van der Waals surface area (Å²) in [5, 5.41) is 3.13. The van der Waals surface area contributed by atoms with Gasteiger partial charge >= 0.3 is 0 Å². The van der Waals surface area contributed by atoms with E-state index in [2.05, 4.69) is 34.1 Å². The lowest BCUT2D eigenvalue weighted by Crippen LogP contribution is -2.37. The van der Waals surface area contributed by atoms with Crippen molar-refractivity contribution in [3.05, 3.63) is 72.1 Å². The largest absolute Gasteiger partial charge is 0.345 e. The Bertz CT molecular complexity index is 957. The maximum absolute atomic E-state index is 12.6. The molecule has 3 heterocycles. The van der Waals surface area contributed by atoms with Crippen molar-refractivity contribution in [1.29, 1.82) is 0 Å². The highest BCUT2D eigenvalue weighted by Gasteiger charge is 2.34. The van der Waals surface area contributed by atoms with Crippen LogP contribution in [0.15, 0.2) is 55.2 Å². The Hall–Kier alpha value is -3.15. The highest BCUT2D eigenvalue weighted by Crippen LogP contribution is 2.40. The molecule has 0 radical (unpaired) electrons. The Labute approximate surface area is 158 Å². The number of carbonyl (C=O) groups is 1. The maximum atomic E-state index is 12.6. The number of aromatic nitrogens is 4. The van der Waals surface area contributed by atoms with Crippen molar-refractivity contribution < 1.29 is 4.79 Å². The number of rotatable bonds is 3. The topological polar surface area (TPSA) is 80.7 Å². The van der Waals surface area contributed by atoms with Crippen LogP contribution in [0.4, 0.5) is 0 Å². The first-order chi connectivity index (χ1) is 13.0. The van der Waals surface area contributed by atoms with E-state index in [0.717, 1.165) is 29.7 Å². The normalized spacial score (nSPS) is 17.8. The highest BCUT2D eigenvalue weighted by atomic mass is 16.1. The fraction of sp³-hybridized carbons (Fsp3) is 0.286. The molecule has 4 rings (SSSR count). The fourth-order valence-electron chi connectivity index (χ4n) is 3.55. The predicted octanol–water partition coefficient (Wildman–Crippen LogP) is 3.38. The second kappa shape index (κ2) is 6.87. The Morgan fingerprint density at radius 1 is 1.11 bits per heavy atom. The number of nitrogens with zero attached hydrogens (tertiary/aromatic N) is 4. The van der Waals surface area contributed by atoms with Crippen molar-refractivity contribution >= 4 is 5.91 Å². The van der Waals surface area contributed by atoms with E-state index in [4.69, 9.17) is 4.98 Å². The summed E-state index contributed by atoms with van der Waals surface area (Å²) in [7, 11) is 0. The molecule has 0 aliphatic heterocycles. The number of nitrogens with one attached hydrogen (secondary N) is 1.